The molecule has 1 amide bonds. The lowest BCUT2D eigenvalue weighted by Crippen LogP contribution is -2.28. The molecule has 0 heterocycles. The molecule has 0 unspecified atom stereocenters. The molecule has 0 aromatic heterocycles. The van der Waals surface area contributed by atoms with Gasteiger partial charge in [-0.05, 0) is 24.6 Å². The molecule has 0 radical (unpaired) electrons. The topological polar surface area (TPSA) is 41.1 Å². The number of anilines is 1. The molecule has 0 bridgehead atoms. The Kier molecular flexibility index (Phi) is 5.10. The van der Waals surface area contributed by atoms with Crippen LogP contribution in [-0.2, 0) is 4.79 Å². The van der Waals surface area contributed by atoms with Crippen LogP contribution in [0.3, 0.4) is 0 Å². The second-order valence-electron chi connectivity index (χ2n) is 3.55. The van der Waals surface area contributed by atoms with E-state index in [0.717, 1.165) is 11.3 Å². The van der Waals surface area contributed by atoms with E-state index in [1.54, 1.807) is 0 Å². The third-order valence-corrected chi connectivity index (χ3v) is 2.03. The predicted octanol–water partition coefficient (Wildman–Crippen LogP) is 1.55. The molecular weight excluding hydrogens is 200 g/mol. The Morgan fingerprint density at radius 3 is 3.00 bits per heavy atom. The van der Waals surface area contributed by atoms with Crippen LogP contribution >= 0.6 is 0 Å². The number of carbonyl (C=O) groups excluding carboxylic acids is 1. The minimum atomic E-state index is -0.0531. The van der Waals surface area contributed by atoms with Crippen LogP contribution in [0.5, 0.6) is 0 Å². The summed E-state index contributed by atoms with van der Waals surface area (Å²) in [6, 6.07) is 7.70. The molecule has 2 N–H and O–H groups in total. The average Bonchev–Trinajstić information content (AvgIpc) is 2.24. The van der Waals surface area contributed by atoms with E-state index in [9.17, 15) is 4.79 Å². The van der Waals surface area contributed by atoms with Gasteiger partial charge < -0.3 is 10.6 Å². The van der Waals surface area contributed by atoms with E-state index < -0.39 is 0 Å². The first kappa shape index (κ1) is 12.3. The second kappa shape index (κ2) is 6.65. The SMILES string of the molecule is C#CCCNCC(=O)Nc1cccc(C)c1. The summed E-state index contributed by atoms with van der Waals surface area (Å²) in [5, 5.41) is 5.77. The molecule has 0 aliphatic rings. The first-order valence-electron chi connectivity index (χ1n) is 5.23. The smallest absolute Gasteiger partial charge is 0.238 e. The van der Waals surface area contributed by atoms with Crippen molar-refractivity contribution in [3.05, 3.63) is 29.8 Å². The van der Waals surface area contributed by atoms with E-state index in [4.69, 9.17) is 6.42 Å². The molecule has 0 saturated carbocycles. The van der Waals surface area contributed by atoms with E-state index in [1.165, 1.54) is 0 Å². The Morgan fingerprint density at radius 1 is 1.50 bits per heavy atom. The molecule has 0 atom stereocenters. The first-order valence-corrected chi connectivity index (χ1v) is 5.23. The summed E-state index contributed by atoms with van der Waals surface area (Å²) in [5.41, 5.74) is 1.95. The fourth-order valence-corrected chi connectivity index (χ4v) is 1.29. The molecule has 1 rings (SSSR count). The maximum absolute atomic E-state index is 11.5. The lowest BCUT2D eigenvalue weighted by atomic mass is 10.2. The van der Waals surface area contributed by atoms with E-state index in [2.05, 4.69) is 16.6 Å². The maximum atomic E-state index is 11.5. The third kappa shape index (κ3) is 4.63. The van der Waals surface area contributed by atoms with Crippen LogP contribution in [0.25, 0.3) is 0 Å². The van der Waals surface area contributed by atoms with Gasteiger partial charge in [-0.15, -0.1) is 12.3 Å². The molecule has 0 saturated heterocycles. The number of aryl methyl sites for hydroxylation is 1. The number of hydrogen-bond donors (Lipinski definition) is 2. The van der Waals surface area contributed by atoms with E-state index >= 15 is 0 Å². The zero-order chi connectivity index (χ0) is 11.8. The van der Waals surface area contributed by atoms with Gasteiger partial charge >= 0.3 is 0 Å². The van der Waals surface area contributed by atoms with Gasteiger partial charge in [-0.2, -0.15) is 0 Å². The highest BCUT2D eigenvalue weighted by molar-refractivity contribution is 5.92. The van der Waals surface area contributed by atoms with Gasteiger partial charge in [0, 0.05) is 18.7 Å². The van der Waals surface area contributed by atoms with Gasteiger partial charge in [0.2, 0.25) is 5.91 Å². The number of carbonyl (C=O) groups is 1. The van der Waals surface area contributed by atoms with E-state index in [1.807, 2.05) is 31.2 Å². The maximum Gasteiger partial charge on any atom is 0.238 e. The zero-order valence-electron chi connectivity index (χ0n) is 9.42. The number of hydrogen-bond acceptors (Lipinski definition) is 2. The van der Waals surface area contributed by atoms with Gasteiger partial charge in [0.05, 0.1) is 6.54 Å². The van der Waals surface area contributed by atoms with Crippen molar-refractivity contribution in [2.24, 2.45) is 0 Å². The second-order valence-corrected chi connectivity index (χ2v) is 3.55. The van der Waals surface area contributed by atoms with Crippen LogP contribution in [0.4, 0.5) is 5.69 Å². The Hall–Kier alpha value is -1.79. The van der Waals surface area contributed by atoms with Gasteiger partial charge in [-0.3, -0.25) is 4.79 Å². The Bertz CT molecular complexity index is 393. The van der Waals surface area contributed by atoms with Crippen LogP contribution < -0.4 is 10.6 Å². The minimum Gasteiger partial charge on any atom is -0.325 e. The standard InChI is InChI=1S/C13H16N2O/c1-3-4-8-14-10-13(16)15-12-7-5-6-11(2)9-12/h1,5-7,9,14H,4,8,10H2,2H3,(H,15,16). The highest BCUT2D eigenvalue weighted by Crippen LogP contribution is 2.08. The molecule has 3 heteroatoms. The Balaban J connectivity index is 2.32. The lowest BCUT2D eigenvalue weighted by molar-refractivity contribution is -0.115. The molecule has 1 aromatic rings. The van der Waals surface area contributed by atoms with Crippen molar-refractivity contribution in [1.29, 1.82) is 0 Å². The summed E-state index contributed by atoms with van der Waals surface area (Å²) < 4.78 is 0. The van der Waals surface area contributed by atoms with Gasteiger partial charge in [0.1, 0.15) is 0 Å². The Morgan fingerprint density at radius 2 is 2.31 bits per heavy atom. The van der Waals surface area contributed by atoms with Crippen molar-refractivity contribution >= 4 is 11.6 Å². The van der Waals surface area contributed by atoms with E-state index in [-0.39, 0.29) is 12.5 Å². The fourth-order valence-electron chi connectivity index (χ4n) is 1.29. The normalized spacial score (nSPS) is 9.50. The summed E-state index contributed by atoms with van der Waals surface area (Å²) in [6.07, 6.45) is 5.73. The molecular formula is C13H16N2O. The molecule has 3 nitrogen and oxygen atoms in total. The largest absolute Gasteiger partial charge is 0.325 e. The van der Waals surface area contributed by atoms with Crippen molar-refractivity contribution in [3.8, 4) is 12.3 Å². The molecule has 84 valence electrons. The quantitative estimate of drug-likeness (QED) is 0.579. The molecule has 0 fully saturated rings. The number of terminal acetylenes is 1. The van der Waals surface area contributed by atoms with Crippen LogP contribution in [0.1, 0.15) is 12.0 Å². The van der Waals surface area contributed by atoms with Gasteiger partial charge in [0.15, 0.2) is 0 Å². The molecule has 0 aliphatic carbocycles. The van der Waals surface area contributed by atoms with Gasteiger partial charge in [-0.1, -0.05) is 12.1 Å². The van der Waals surface area contributed by atoms with Crippen molar-refractivity contribution in [3.63, 3.8) is 0 Å². The van der Waals surface area contributed by atoms with Crippen LogP contribution in [-0.4, -0.2) is 19.0 Å². The van der Waals surface area contributed by atoms with Crippen LogP contribution in [0, 0.1) is 19.3 Å². The molecule has 0 aliphatic heterocycles. The first-order chi connectivity index (χ1) is 7.72. The van der Waals surface area contributed by atoms with Crippen LogP contribution in [0.15, 0.2) is 24.3 Å². The third-order valence-electron chi connectivity index (χ3n) is 2.03. The Labute approximate surface area is 96.2 Å². The molecule has 0 spiro atoms. The van der Waals surface area contributed by atoms with Crippen LogP contribution in [0.2, 0.25) is 0 Å². The van der Waals surface area contributed by atoms with Crippen molar-refractivity contribution < 1.29 is 4.79 Å². The highest BCUT2D eigenvalue weighted by Gasteiger charge is 2.00. The molecule has 1 aromatic carbocycles. The minimum absolute atomic E-state index is 0.0531. The van der Waals surface area contributed by atoms with E-state index in [0.29, 0.717) is 13.0 Å². The summed E-state index contributed by atoms with van der Waals surface area (Å²) in [7, 11) is 0. The van der Waals surface area contributed by atoms with Gasteiger partial charge in [-0.25, -0.2) is 0 Å². The number of benzene rings is 1. The summed E-state index contributed by atoms with van der Waals surface area (Å²) in [4.78, 5) is 11.5. The average molecular weight is 216 g/mol. The molecule has 16 heavy (non-hydrogen) atoms. The summed E-state index contributed by atoms with van der Waals surface area (Å²) in [5.74, 6) is 2.45. The van der Waals surface area contributed by atoms with Gasteiger partial charge in [0.25, 0.3) is 0 Å². The summed E-state index contributed by atoms with van der Waals surface area (Å²) in [6.45, 7) is 2.94. The number of rotatable bonds is 5. The summed E-state index contributed by atoms with van der Waals surface area (Å²) >= 11 is 0. The lowest BCUT2D eigenvalue weighted by Gasteiger charge is -2.06. The van der Waals surface area contributed by atoms with Crippen molar-refractivity contribution in [2.45, 2.75) is 13.3 Å². The van der Waals surface area contributed by atoms with Crippen molar-refractivity contribution in [1.82, 2.24) is 5.32 Å². The predicted molar refractivity (Wildman–Crippen MR) is 66.1 cm³/mol. The number of nitrogens with one attached hydrogen (secondary N) is 2. The zero-order valence-corrected chi connectivity index (χ0v) is 9.42. The number of amides is 1. The monoisotopic (exact) mass is 216 g/mol. The highest BCUT2D eigenvalue weighted by atomic mass is 16.1. The fraction of sp³-hybridized carbons (Fsp3) is 0.308. The van der Waals surface area contributed by atoms with Crippen molar-refractivity contribution in [2.75, 3.05) is 18.4 Å².